The molecule has 2 aromatic carbocycles. The molecule has 0 N–H and O–H groups in total. The lowest BCUT2D eigenvalue weighted by atomic mass is 10.1. The monoisotopic (exact) mass is 407 g/mol. The van der Waals surface area contributed by atoms with Crippen LogP contribution in [0.1, 0.15) is 12.5 Å². The molecule has 0 spiro atoms. The van der Waals surface area contributed by atoms with Gasteiger partial charge < -0.3 is 4.74 Å². The lowest BCUT2D eigenvalue weighted by molar-refractivity contribution is 0.467. The summed E-state index contributed by atoms with van der Waals surface area (Å²) < 4.78 is 7.03. The smallest absolute Gasteiger partial charge is 0.219 e. The lowest BCUT2D eigenvalue weighted by Crippen LogP contribution is -1.91. The van der Waals surface area contributed by atoms with E-state index in [2.05, 4.69) is 40.0 Å². The largest absolute Gasteiger partial charge is 0.438 e. The molecular weight excluding hydrogens is 394 g/mol. The van der Waals surface area contributed by atoms with Gasteiger partial charge in [-0.1, -0.05) is 28.9 Å². The molecule has 0 unspecified atom stereocenters. The van der Waals surface area contributed by atoms with Crippen LogP contribution in [-0.4, -0.2) is 10.7 Å². The Morgan fingerprint density at radius 1 is 1.17 bits per heavy atom. The third-order valence-electron chi connectivity index (χ3n) is 3.33. The summed E-state index contributed by atoms with van der Waals surface area (Å²) in [6.45, 7) is 2.12. The van der Waals surface area contributed by atoms with Crippen molar-refractivity contribution >= 4 is 50.1 Å². The highest BCUT2D eigenvalue weighted by molar-refractivity contribution is 9.10. The van der Waals surface area contributed by atoms with Crippen LogP contribution in [0.25, 0.3) is 10.8 Å². The predicted octanol–water partition coefficient (Wildman–Crippen LogP) is 6.64. The SMILES string of the molecule is CCSc1ccc(Oc2cc(CCl)cc3ccc(Br)cc23)nc1. The van der Waals surface area contributed by atoms with Gasteiger partial charge in [0.1, 0.15) is 5.75 Å². The molecule has 3 aromatic rings. The zero-order chi connectivity index (χ0) is 16.2. The van der Waals surface area contributed by atoms with Crippen LogP contribution in [0.3, 0.4) is 0 Å². The number of halogens is 2. The first kappa shape index (κ1) is 16.6. The molecule has 23 heavy (non-hydrogen) atoms. The minimum Gasteiger partial charge on any atom is -0.438 e. The minimum atomic E-state index is 0.446. The number of nitrogens with zero attached hydrogens (tertiary/aromatic N) is 1. The van der Waals surface area contributed by atoms with Gasteiger partial charge in [0, 0.05) is 32.9 Å². The molecule has 1 aromatic heterocycles. The van der Waals surface area contributed by atoms with Crippen LogP contribution in [0.4, 0.5) is 0 Å². The first-order valence-corrected chi connectivity index (χ1v) is 9.55. The highest BCUT2D eigenvalue weighted by Crippen LogP contribution is 2.33. The first-order valence-electron chi connectivity index (χ1n) is 7.24. The van der Waals surface area contributed by atoms with Crippen molar-refractivity contribution < 1.29 is 4.74 Å². The van der Waals surface area contributed by atoms with Crippen LogP contribution in [0.5, 0.6) is 11.6 Å². The topological polar surface area (TPSA) is 22.1 Å². The summed E-state index contributed by atoms with van der Waals surface area (Å²) in [4.78, 5) is 5.53. The first-order chi connectivity index (χ1) is 11.2. The summed E-state index contributed by atoms with van der Waals surface area (Å²) in [6, 6.07) is 14.1. The molecule has 0 amide bonds. The van der Waals surface area contributed by atoms with Gasteiger partial charge in [0.05, 0.1) is 0 Å². The van der Waals surface area contributed by atoms with Crippen LogP contribution in [0, 0.1) is 0 Å². The Balaban J connectivity index is 1.99. The van der Waals surface area contributed by atoms with E-state index in [-0.39, 0.29) is 0 Å². The third kappa shape index (κ3) is 4.00. The van der Waals surface area contributed by atoms with E-state index in [1.54, 1.807) is 11.8 Å². The van der Waals surface area contributed by atoms with Gasteiger partial charge in [-0.2, -0.15) is 0 Å². The van der Waals surface area contributed by atoms with Crippen molar-refractivity contribution in [3.63, 3.8) is 0 Å². The summed E-state index contributed by atoms with van der Waals surface area (Å²) in [6.07, 6.45) is 1.84. The van der Waals surface area contributed by atoms with Crippen molar-refractivity contribution in [3.8, 4) is 11.6 Å². The maximum atomic E-state index is 6.02. The fourth-order valence-corrected chi connectivity index (χ4v) is 3.45. The molecule has 2 nitrogen and oxygen atoms in total. The fourth-order valence-electron chi connectivity index (χ4n) is 2.31. The Labute approximate surface area is 153 Å². The average Bonchev–Trinajstić information content (AvgIpc) is 2.57. The maximum absolute atomic E-state index is 6.02. The summed E-state index contributed by atoms with van der Waals surface area (Å²) >= 11 is 11.3. The van der Waals surface area contributed by atoms with E-state index >= 15 is 0 Å². The normalized spacial score (nSPS) is 10.9. The molecule has 3 rings (SSSR count). The van der Waals surface area contributed by atoms with E-state index < -0.39 is 0 Å². The number of alkyl halides is 1. The van der Waals surface area contributed by atoms with Gasteiger partial charge in [0.2, 0.25) is 5.88 Å². The molecule has 0 fully saturated rings. The molecule has 5 heteroatoms. The molecule has 0 bridgehead atoms. The number of ether oxygens (including phenoxy) is 1. The van der Waals surface area contributed by atoms with Crippen LogP contribution < -0.4 is 4.74 Å². The summed E-state index contributed by atoms with van der Waals surface area (Å²) in [5.41, 5.74) is 1.02. The van der Waals surface area contributed by atoms with Gasteiger partial charge in [-0.3, -0.25) is 0 Å². The number of hydrogen-bond donors (Lipinski definition) is 0. The van der Waals surface area contributed by atoms with Crippen molar-refractivity contribution in [2.24, 2.45) is 0 Å². The van der Waals surface area contributed by atoms with Gasteiger partial charge in [0.15, 0.2) is 0 Å². The molecule has 0 aliphatic carbocycles. The molecule has 0 radical (unpaired) electrons. The Hall–Kier alpha value is -1.23. The molecule has 118 valence electrons. The molecule has 0 saturated carbocycles. The highest BCUT2D eigenvalue weighted by Gasteiger charge is 2.08. The molecule has 1 heterocycles. The van der Waals surface area contributed by atoms with E-state index in [9.17, 15) is 0 Å². The van der Waals surface area contributed by atoms with Gasteiger partial charge in [-0.25, -0.2) is 4.98 Å². The van der Waals surface area contributed by atoms with Gasteiger partial charge in [0.25, 0.3) is 0 Å². The fraction of sp³-hybridized carbons (Fsp3) is 0.167. The lowest BCUT2D eigenvalue weighted by Gasteiger charge is -2.11. The minimum absolute atomic E-state index is 0.446. The summed E-state index contributed by atoms with van der Waals surface area (Å²) in [5, 5.41) is 2.13. The Kier molecular flexibility index (Phi) is 5.46. The molecule has 0 saturated heterocycles. The standard InChI is InChI=1S/C18H15BrClNOS/c1-2-23-15-5-6-18(21-11-15)22-17-8-12(10-20)7-13-3-4-14(19)9-16(13)17/h3-9,11H,2,10H2,1H3. The number of hydrogen-bond acceptors (Lipinski definition) is 3. The van der Waals surface area contributed by atoms with Crippen LogP contribution in [0.15, 0.2) is 58.0 Å². The predicted molar refractivity (Wildman–Crippen MR) is 102 cm³/mol. The van der Waals surface area contributed by atoms with Crippen molar-refractivity contribution in [2.75, 3.05) is 5.75 Å². The van der Waals surface area contributed by atoms with Crippen molar-refractivity contribution in [3.05, 3.63) is 58.7 Å². The van der Waals surface area contributed by atoms with Crippen LogP contribution in [-0.2, 0) is 5.88 Å². The van der Waals surface area contributed by atoms with Crippen molar-refractivity contribution in [1.29, 1.82) is 0 Å². The van der Waals surface area contributed by atoms with Gasteiger partial charge in [-0.05, 0) is 47.0 Å². The van der Waals surface area contributed by atoms with E-state index in [0.29, 0.717) is 11.8 Å². The van der Waals surface area contributed by atoms with E-state index in [1.807, 2.05) is 36.5 Å². The van der Waals surface area contributed by atoms with E-state index in [0.717, 1.165) is 37.2 Å². The Bertz CT molecular complexity index is 823. The summed E-state index contributed by atoms with van der Waals surface area (Å²) in [5.74, 6) is 2.82. The number of aromatic nitrogens is 1. The number of thioether (sulfide) groups is 1. The number of rotatable bonds is 5. The molecular formula is C18H15BrClNOS. The second-order valence-corrected chi connectivity index (χ2v) is 7.48. The highest BCUT2D eigenvalue weighted by atomic mass is 79.9. The third-order valence-corrected chi connectivity index (χ3v) is 4.99. The van der Waals surface area contributed by atoms with E-state index in [4.69, 9.17) is 16.3 Å². The zero-order valence-corrected chi connectivity index (χ0v) is 15.7. The number of benzene rings is 2. The second-order valence-electron chi connectivity index (χ2n) is 4.96. The number of pyridine rings is 1. The van der Waals surface area contributed by atoms with E-state index in [1.165, 1.54) is 0 Å². The zero-order valence-electron chi connectivity index (χ0n) is 12.6. The molecule has 0 aliphatic heterocycles. The maximum Gasteiger partial charge on any atom is 0.219 e. The quantitative estimate of drug-likeness (QED) is 0.349. The van der Waals surface area contributed by atoms with Crippen molar-refractivity contribution in [1.82, 2.24) is 4.98 Å². The second kappa shape index (κ2) is 7.56. The Morgan fingerprint density at radius 2 is 2.04 bits per heavy atom. The Morgan fingerprint density at radius 3 is 2.74 bits per heavy atom. The summed E-state index contributed by atoms with van der Waals surface area (Å²) in [7, 11) is 0. The number of fused-ring (bicyclic) bond motifs is 1. The van der Waals surface area contributed by atoms with Gasteiger partial charge >= 0.3 is 0 Å². The molecule has 0 atom stereocenters. The van der Waals surface area contributed by atoms with Gasteiger partial charge in [-0.15, -0.1) is 23.4 Å². The molecule has 0 aliphatic rings. The van der Waals surface area contributed by atoms with Crippen LogP contribution in [0.2, 0.25) is 0 Å². The average molecular weight is 409 g/mol. The van der Waals surface area contributed by atoms with Crippen molar-refractivity contribution in [2.45, 2.75) is 17.7 Å². The van der Waals surface area contributed by atoms with Crippen LogP contribution >= 0.6 is 39.3 Å².